The third-order valence-corrected chi connectivity index (χ3v) is 2.27. The number of allylic oxidation sites excluding steroid dienone is 2. The Hall–Kier alpha value is -1.71. The second kappa shape index (κ2) is 2.65. The zero-order valence-electron chi connectivity index (χ0n) is 6.90. The van der Waals surface area contributed by atoms with Gasteiger partial charge in [0.1, 0.15) is 5.70 Å². The molecule has 1 heterocycles. The summed E-state index contributed by atoms with van der Waals surface area (Å²) in [5.41, 5.74) is 6.62. The molecular formula is C9H10N2O2. The predicted molar refractivity (Wildman–Crippen MR) is 47.5 cm³/mol. The van der Waals surface area contributed by atoms with Crippen molar-refractivity contribution >= 4 is 5.97 Å². The Balaban J connectivity index is 2.25. The minimum atomic E-state index is -0.935. The van der Waals surface area contributed by atoms with Gasteiger partial charge in [-0.2, -0.15) is 0 Å². The summed E-state index contributed by atoms with van der Waals surface area (Å²) in [7, 11) is 0. The lowest BCUT2D eigenvalue weighted by molar-refractivity contribution is -0.133. The smallest absolute Gasteiger partial charge is 0.351 e. The van der Waals surface area contributed by atoms with Crippen molar-refractivity contribution in [3.05, 3.63) is 35.7 Å². The van der Waals surface area contributed by atoms with E-state index < -0.39 is 5.97 Å². The average molecular weight is 178 g/mol. The van der Waals surface area contributed by atoms with Crippen LogP contribution in [0.15, 0.2) is 35.7 Å². The molecule has 0 aromatic heterocycles. The van der Waals surface area contributed by atoms with Crippen LogP contribution >= 0.6 is 0 Å². The fraction of sp³-hybridized carbons (Fsp3) is 0.222. The van der Waals surface area contributed by atoms with Gasteiger partial charge in [-0.25, -0.2) is 4.79 Å². The summed E-state index contributed by atoms with van der Waals surface area (Å²) in [5.74, 6) is -0.855. The molecule has 0 radical (unpaired) electrons. The second-order valence-electron chi connectivity index (χ2n) is 3.14. The molecule has 4 N–H and O–H groups in total. The van der Waals surface area contributed by atoms with Crippen molar-refractivity contribution in [2.75, 3.05) is 0 Å². The molecule has 2 aliphatic rings. The minimum Gasteiger partial charge on any atom is -0.477 e. The van der Waals surface area contributed by atoms with E-state index in [1.54, 1.807) is 12.2 Å². The first kappa shape index (κ1) is 7.91. The van der Waals surface area contributed by atoms with Gasteiger partial charge < -0.3 is 16.2 Å². The molecule has 0 spiro atoms. The van der Waals surface area contributed by atoms with Crippen molar-refractivity contribution < 1.29 is 9.90 Å². The maximum Gasteiger partial charge on any atom is 0.351 e. The zero-order valence-corrected chi connectivity index (χ0v) is 6.90. The number of nitrogens with one attached hydrogen (secondary N) is 1. The minimum absolute atomic E-state index is 0.0731. The molecule has 0 bridgehead atoms. The lowest BCUT2D eigenvalue weighted by atomic mass is 9.95. The Morgan fingerprint density at radius 3 is 3.00 bits per heavy atom. The number of nitrogens with two attached hydrogens (primary N) is 1. The van der Waals surface area contributed by atoms with E-state index in [1.807, 2.05) is 12.2 Å². The van der Waals surface area contributed by atoms with Crippen molar-refractivity contribution in [2.24, 2.45) is 11.7 Å². The first-order chi connectivity index (χ1) is 6.18. The second-order valence-corrected chi connectivity index (χ2v) is 3.14. The van der Waals surface area contributed by atoms with Gasteiger partial charge in [-0.1, -0.05) is 12.2 Å². The summed E-state index contributed by atoms with van der Waals surface area (Å²) in [6, 6.07) is -0.0731. The van der Waals surface area contributed by atoms with Gasteiger partial charge in [0.25, 0.3) is 0 Å². The van der Waals surface area contributed by atoms with Crippen LogP contribution in [0.5, 0.6) is 0 Å². The third kappa shape index (κ3) is 1.20. The van der Waals surface area contributed by atoms with Crippen LogP contribution in [-0.2, 0) is 4.79 Å². The molecule has 4 nitrogen and oxygen atoms in total. The Kier molecular flexibility index (Phi) is 1.62. The Bertz CT molecular complexity index is 342. The number of carbonyl (C=O) groups is 1. The van der Waals surface area contributed by atoms with E-state index in [0.29, 0.717) is 5.70 Å². The highest BCUT2D eigenvalue weighted by atomic mass is 16.4. The van der Waals surface area contributed by atoms with Crippen molar-refractivity contribution in [1.82, 2.24) is 5.32 Å². The van der Waals surface area contributed by atoms with E-state index in [1.165, 1.54) is 0 Å². The summed E-state index contributed by atoms with van der Waals surface area (Å²) in [6.45, 7) is 0. The van der Waals surface area contributed by atoms with E-state index in [-0.39, 0.29) is 17.7 Å². The van der Waals surface area contributed by atoms with Gasteiger partial charge in [0, 0.05) is 11.6 Å². The molecule has 2 rings (SSSR count). The van der Waals surface area contributed by atoms with Gasteiger partial charge in [0.15, 0.2) is 0 Å². The monoisotopic (exact) mass is 178 g/mol. The molecule has 0 aromatic rings. The maximum atomic E-state index is 10.6. The molecule has 1 aliphatic heterocycles. The standard InChI is InChI=1S/C9H10N2O2/c10-6-3-1-2-5-4-7(9(12)13)11-8(5)6/h1-5,8,11H,10H2,(H,12,13). The number of rotatable bonds is 1. The highest BCUT2D eigenvalue weighted by Crippen LogP contribution is 2.24. The Morgan fingerprint density at radius 1 is 1.62 bits per heavy atom. The SMILES string of the molecule is NC1=CC=CC2C=C(C(=O)O)NC12. The fourth-order valence-electron chi connectivity index (χ4n) is 1.60. The highest BCUT2D eigenvalue weighted by molar-refractivity contribution is 5.87. The summed E-state index contributed by atoms with van der Waals surface area (Å²) >= 11 is 0. The molecule has 0 saturated heterocycles. The van der Waals surface area contributed by atoms with Gasteiger partial charge in [0.05, 0.1) is 6.04 Å². The topological polar surface area (TPSA) is 75.4 Å². The summed E-state index contributed by atoms with van der Waals surface area (Å²) in [5, 5.41) is 11.6. The van der Waals surface area contributed by atoms with Crippen molar-refractivity contribution in [2.45, 2.75) is 6.04 Å². The normalized spacial score (nSPS) is 30.2. The van der Waals surface area contributed by atoms with E-state index in [2.05, 4.69) is 5.32 Å². The molecule has 13 heavy (non-hydrogen) atoms. The van der Waals surface area contributed by atoms with Crippen LogP contribution < -0.4 is 11.1 Å². The molecule has 0 fully saturated rings. The molecule has 2 unspecified atom stereocenters. The molecular weight excluding hydrogens is 168 g/mol. The molecule has 1 aliphatic carbocycles. The van der Waals surface area contributed by atoms with E-state index >= 15 is 0 Å². The van der Waals surface area contributed by atoms with Crippen molar-refractivity contribution in [3.8, 4) is 0 Å². The van der Waals surface area contributed by atoms with Gasteiger partial charge in [-0.15, -0.1) is 0 Å². The maximum absolute atomic E-state index is 10.6. The lowest BCUT2D eigenvalue weighted by Crippen LogP contribution is -2.35. The number of hydrogen-bond donors (Lipinski definition) is 3. The summed E-state index contributed by atoms with van der Waals surface area (Å²) in [4.78, 5) is 10.6. The van der Waals surface area contributed by atoms with Crippen molar-refractivity contribution in [1.29, 1.82) is 0 Å². The van der Waals surface area contributed by atoms with E-state index in [4.69, 9.17) is 10.8 Å². The molecule has 2 atom stereocenters. The number of fused-ring (bicyclic) bond motifs is 1. The van der Waals surface area contributed by atoms with Gasteiger partial charge in [-0.05, 0) is 12.2 Å². The molecule has 0 amide bonds. The number of aliphatic carboxylic acids is 1. The third-order valence-electron chi connectivity index (χ3n) is 2.27. The van der Waals surface area contributed by atoms with Crippen LogP contribution in [-0.4, -0.2) is 17.1 Å². The fourth-order valence-corrected chi connectivity index (χ4v) is 1.60. The van der Waals surface area contributed by atoms with Crippen molar-refractivity contribution in [3.63, 3.8) is 0 Å². The van der Waals surface area contributed by atoms with Gasteiger partial charge in [-0.3, -0.25) is 0 Å². The quantitative estimate of drug-likeness (QED) is 0.526. The first-order valence-corrected chi connectivity index (χ1v) is 4.04. The van der Waals surface area contributed by atoms with Crippen LogP contribution in [0.2, 0.25) is 0 Å². The largest absolute Gasteiger partial charge is 0.477 e. The van der Waals surface area contributed by atoms with Crippen LogP contribution in [0.3, 0.4) is 0 Å². The Morgan fingerprint density at radius 2 is 2.38 bits per heavy atom. The number of carboxylic acids is 1. The van der Waals surface area contributed by atoms with E-state index in [0.717, 1.165) is 0 Å². The Labute approximate surface area is 75.4 Å². The molecule has 0 saturated carbocycles. The number of hydrogen-bond acceptors (Lipinski definition) is 3. The summed E-state index contributed by atoms with van der Waals surface area (Å²) in [6.07, 6.45) is 7.25. The van der Waals surface area contributed by atoms with Gasteiger partial charge >= 0.3 is 5.97 Å². The van der Waals surface area contributed by atoms with Crippen LogP contribution in [0.25, 0.3) is 0 Å². The predicted octanol–water partition coefficient (Wildman–Crippen LogP) is -0.0447. The lowest BCUT2D eigenvalue weighted by Gasteiger charge is -2.20. The van der Waals surface area contributed by atoms with Crippen LogP contribution in [0, 0.1) is 5.92 Å². The van der Waals surface area contributed by atoms with E-state index in [9.17, 15) is 4.79 Å². The highest BCUT2D eigenvalue weighted by Gasteiger charge is 2.30. The average Bonchev–Trinajstić information content (AvgIpc) is 2.49. The zero-order chi connectivity index (χ0) is 9.42. The van der Waals surface area contributed by atoms with Crippen LogP contribution in [0.4, 0.5) is 0 Å². The van der Waals surface area contributed by atoms with Crippen LogP contribution in [0.1, 0.15) is 0 Å². The first-order valence-electron chi connectivity index (χ1n) is 4.04. The molecule has 68 valence electrons. The van der Waals surface area contributed by atoms with Gasteiger partial charge in [0.2, 0.25) is 0 Å². The molecule has 0 aromatic carbocycles. The number of carboxylic acid groups (broad SMARTS) is 1. The molecule has 4 heteroatoms. The summed E-state index contributed by atoms with van der Waals surface area (Å²) < 4.78 is 0.